The van der Waals surface area contributed by atoms with Crippen LogP contribution in [0.25, 0.3) is 0 Å². The van der Waals surface area contributed by atoms with Crippen LogP contribution in [0.4, 0.5) is 5.13 Å². The second-order valence-electron chi connectivity index (χ2n) is 10.2. The summed E-state index contributed by atoms with van der Waals surface area (Å²) < 4.78 is 0. The van der Waals surface area contributed by atoms with Crippen molar-refractivity contribution in [1.82, 2.24) is 15.6 Å². The maximum Gasteiger partial charge on any atom is 0.248 e. The van der Waals surface area contributed by atoms with Gasteiger partial charge in [0.1, 0.15) is 6.04 Å². The van der Waals surface area contributed by atoms with E-state index in [1.165, 1.54) is 4.88 Å². The monoisotopic (exact) mass is 566 g/mol. The standard InChI is InChI=1S/C33H50N4O2S/c1-4-6-7-8-9-10-11-12-13-14-15-16-17-18-19-20-21-22-31(38)35-27(3)32(39)37-33-36-29-24-23-28(34-25-5-2)26-30(29)40-33/h6-7,9-10,12-13,15-16,18-19,27-28,34H,4-5,8,11,14,17,20-26H2,1-3H3,(H,35,38)(H,36,37,39). The Balaban J connectivity index is 1.54. The number of anilines is 1. The molecule has 0 saturated heterocycles. The van der Waals surface area contributed by atoms with Crippen LogP contribution in [0.3, 0.4) is 0 Å². The third kappa shape index (κ3) is 14.6. The molecule has 220 valence electrons. The first-order chi connectivity index (χ1) is 19.5. The van der Waals surface area contributed by atoms with Gasteiger partial charge in [0.2, 0.25) is 11.8 Å². The number of rotatable bonds is 19. The lowest BCUT2D eigenvalue weighted by atomic mass is 9.98. The van der Waals surface area contributed by atoms with E-state index in [0.717, 1.165) is 82.9 Å². The molecule has 0 aromatic carbocycles. The second kappa shape index (κ2) is 21.0. The summed E-state index contributed by atoms with van der Waals surface area (Å²) in [7, 11) is 0. The zero-order valence-corrected chi connectivity index (χ0v) is 25.6. The van der Waals surface area contributed by atoms with Gasteiger partial charge in [-0.2, -0.15) is 0 Å². The highest BCUT2D eigenvalue weighted by Crippen LogP contribution is 2.30. The lowest BCUT2D eigenvalue weighted by molar-refractivity contribution is -0.126. The largest absolute Gasteiger partial charge is 0.345 e. The maximum absolute atomic E-state index is 12.6. The van der Waals surface area contributed by atoms with Gasteiger partial charge in [-0.25, -0.2) is 4.98 Å². The number of carbonyl (C=O) groups excluding carboxylic acids is 2. The molecule has 2 amide bonds. The zero-order chi connectivity index (χ0) is 28.8. The van der Waals surface area contributed by atoms with E-state index in [4.69, 9.17) is 0 Å². The van der Waals surface area contributed by atoms with Crippen LogP contribution in [-0.4, -0.2) is 35.4 Å². The van der Waals surface area contributed by atoms with Gasteiger partial charge in [0, 0.05) is 17.3 Å². The fourth-order valence-electron chi connectivity index (χ4n) is 4.29. The molecule has 3 N–H and O–H groups in total. The number of nitrogens with zero attached hydrogens (tertiary/aromatic N) is 1. The molecule has 1 aliphatic carbocycles. The molecule has 2 atom stereocenters. The molecular formula is C33H50N4O2S. The highest BCUT2D eigenvalue weighted by atomic mass is 32.1. The Labute approximate surface area is 246 Å². The van der Waals surface area contributed by atoms with Gasteiger partial charge in [0.25, 0.3) is 0 Å². The van der Waals surface area contributed by atoms with Crippen molar-refractivity contribution in [2.75, 3.05) is 11.9 Å². The van der Waals surface area contributed by atoms with E-state index in [0.29, 0.717) is 17.6 Å². The van der Waals surface area contributed by atoms with E-state index in [2.05, 4.69) is 95.5 Å². The smallest absolute Gasteiger partial charge is 0.248 e. The van der Waals surface area contributed by atoms with E-state index >= 15 is 0 Å². The maximum atomic E-state index is 12.6. The molecular weight excluding hydrogens is 516 g/mol. The third-order valence-corrected chi connectivity index (χ3v) is 7.59. The quantitative estimate of drug-likeness (QED) is 0.121. The van der Waals surface area contributed by atoms with Crippen LogP contribution in [0.15, 0.2) is 60.8 Å². The molecule has 2 unspecified atom stereocenters. The molecule has 40 heavy (non-hydrogen) atoms. The molecule has 1 aromatic rings. The van der Waals surface area contributed by atoms with E-state index < -0.39 is 6.04 Å². The zero-order valence-electron chi connectivity index (χ0n) is 24.8. The molecule has 1 aromatic heterocycles. The lowest BCUT2D eigenvalue weighted by Crippen LogP contribution is -2.41. The second-order valence-corrected chi connectivity index (χ2v) is 11.2. The summed E-state index contributed by atoms with van der Waals surface area (Å²) in [4.78, 5) is 30.8. The summed E-state index contributed by atoms with van der Waals surface area (Å²) in [6.45, 7) is 7.07. The average Bonchev–Trinajstić information content (AvgIpc) is 3.35. The van der Waals surface area contributed by atoms with Crippen molar-refractivity contribution in [3.63, 3.8) is 0 Å². The highest BCUT2D eigenvalue weighted by Gasteiger charge is 2.23. The minimum Gasteiger partial charge on any atom is -0.345 e. The fourth-order valence-corrected chi connectivity index (χ4v) is 5.38. The Morgan fingerprint density at radius 2 is 1.57 bits per heavy atom. The number of aromatic nitrogens is 1. The molecule has 0 fully saturated rings. The van der Waals surface area contributed by atoms with E-state index in [1.807, 2.05) is 0 Å². The predicted molar refractivity (Wildman–Crippen MR) is 171 cm³/mol. The summed E-state index contributed by atoms with van der Waals surface area (Å²) in [6.07, 6.45) is 32.9. The van der Waals surface area contributed by atoms with Gasteiger partial charge in [-0.15, -0.1) is 11.3 Å². The number of allylic oxidation sites excluding steroid dienone is 10. The van der Waals surface area contributed by atoms with E-state index in [9.17, 15) is 9.59 Å². The minimum absolute atomic E-state index is 0.0988. The topological polar surface area (TPSA) is 83.1 Å². The fraction of sp³-hybridized carbons (Fsp3) is 0.545. The van der Waals surface area contributed by atoms with Gasteiger partial charge in [0.05, 0.1) is 5.69 Å². The molecule has 7 heteroatoms. The summed E-state index contributed by atoms with van der Waals surface area (Å²) >= 11 is 1.56. The Hall–Kier alpha value is -2.77. The number of carbonyl (C=O) groups is 2. The third-order valence-electron chi connectivity index (χ3n) is 6.56. The van der Waals surface area contributed by atoms with Crippen LogP contribution >= 0.6 is 11.3 Å². The van der Waals surface area contributed by atoms with Gasteiger partial charge in [-0.1, -0.05) is 74.6 Å². The summed E-state index contributed by atoms with van der Waals surface area (Å²) in [6, 6.07) is -0.106. The Kier molecular flexibility index (Phi) is 17.6. The minimum atomic E-state index is -0.596. The van der Waals surface area contributed by atoms with Gasteiger partial charge in [-0.3, -0.25) is 9.59 Å². The van der Waals surface area contributed by atoms with Crippen LogP contribution in [0.2, 0.25) is 0 Å². The summed E-state index contributed by atoms with van der Waals surface area (Å²) in [5.41, 5.74) is 1.10. The first-order valence-electron chi connectivity index (χ1n) is 15.1. The predicted octanol–water partition coefficient (Wildman–Crippen LogP) is 7.36. The molecule has 2 rings (SSSR count). The van der Waals surface area contributed by atoms with Gasteiger partial charge >= 0.3 is 0 Å². The van der Waals surface area contributed by atoms with Gasteiger partial charge in [0.15, 0.2) is 5.13 Å². The van der Waals surface area contributed by atoms with Crippen LogP contribution in [-0.2, 0) is 22.4 Å². The molecule has 0 aliphatic heterocycles. The van der Waals surface area contributed by atoms with Gasteiger partial charge in [-0.05, 0) is 84.1 Å². The molecule has 1 aliphatic rings. The average molecular weight is 567 g/mol. The summed E-state index contributed by atoms with van der Waals surface area (Å²) in [5, 5.41) is 9.92. The van der Waals surface area contributed by atoms with Crippen molar-refractivity contribution in [2.45, 2.75) is 110 Å². The van der Waals surface area contributed by atoms with Crippen LogP contribution in [0.1, 0.15) is 95.6 Å². The van der Waals surface area contributed by atoms with Crippen molar-refractivity contribution >= 4 is 28.3 Å². The normalized spacial score (nSPS) is 16.5. The van der Waals surface area contributed by atoms with Crippen LogP contribution in [0.5, 0.6) is 0 Å². The first-order valence-corrected chi connectivity index (χ1v) is 15.9. The van der Waals surface area contributed by atoms with Crippen LogP contribution < -0.4 is 16.0 Å². The molecule has 1 heterocycles. The molecule has 6 nitrogen and oxygen atoms in total. The van der Waals surface area contributed by atoms with E-state index in [-0.39, 0.29) is 11.8 Å². The SMILES string of the molecule is CCC=CCC=CCC=CCC=CCC=CCCCC(=O)NC(C)C(=O)Nc1nc2c(s1)CC(NCCC)CC2. The Morgan fingerprint density at radius 1 is 0.950 bits per heavy atom. The number of nitrogens with one attached hydrogen (secondary N) is 3. The molecule has 0 saturated carbocycles. The molecule has 0 radical (unpaired) electrons. The van der Waals surface area contributed by atoms with E-state index in [1.54, 1.807) is 18.3 Å². The van der Waals surface area contributed by atoms with Crippen molar-refractivity contribution in [3.8, 4) is 0 Å². The lowest BCUT2D eigenvalue weighted by Gasteiger charge is -2.21. The highest BCUT2D eigenvalue weighted by molar-refractivity contribution is 7.15. The Morgan fingerprint density at radius 3 is 2.20 bits per heavy atom. The van der Waals surface area contributed by atoms with Crippen molar-refractivity contribution in [1.29, 1.82) is 0 Å². The number of hydrogen-bond donors (Lipinski definition) is 3. The molecule has 0 spiro atoms. The van der Waals surface area contributed by atoms with Crippen molar-refractivity contribution in [2.24, 2.45) is 0 Å². The number of amides is 2. The number of fused-ring (bicyclic) bond motifs is 1. The van der Waals surface area contributed by atoms with Crippen LogP contribution in [0, 0.1) is 0 Å². The number of aryl methyl sites for hydroxylation is 1. The number of thiazole rings is 1. The first kappa shape index (κ1) is 33.4. The molecule has 0 bridgehead atoms. The van der Waals surface area contributed by atoms with Crippen molar-refractivity contribution < 1.29 is 9.59 Å². The number of hydrogen-bond acceptors (Lipinski definition) is 5. The van der Waals surface area contributed by atoms with Crippen molar-refractivity contribution in [3.05, 3.63) is 71.3 Å². The summed E-state index contributed by atoms with van der Waals surface area (Å²) in [5.74, 6) is -0.323. The Bertz CT molecular complexity index is 1020. The van der Waals surface area contributed by atoms with Gasteiger partial charge < -0.3 is 16.0 Å². The number of unbranched alkanes of at least 4 members (excludes halogenated alkanes) is 1.